The highest BCUT2D eigenvalue weighted by molar-refractivity contribution is 7.20. The molecule has 2 amide bonds. The number of thiophene rings is 1. The number of nitrogens with one attached hydrogen (secondary N) is 2. The number of rotatable bonds is 10. The lowest BCUT2D eigenvalue weighted by molar-refractivity contribution is -0.143. The number of fused-ring (bicyclic) bond motifs is 1. The summed E-state index contributed by atoms with van der Waals surface area (Å²) in [5, 5.41) is 15.2. The average molecular weight is 569 g/mol. The Morgan fingerprint density at radius 1 is 0.950 bits per heavy atom. The summed E-state index contributed by atoms with van der Waals surface area (Å²) in [7, 11) is 0. The lowest BCUT2D eigenvalue weighted by Crippen LogP contribution is -2.46. The lowest BCUT2D eigenvalue weighted by Gasteiger charge is -2.17. The molecular formula is C29H23F3N2O5S. The van der Waals surface area contributed by atoms with Crippen molar-refractivity contribution in [3.8, 4) is 0 Å². The van der Waals surface area contributed by atoms with Gasteiger partial charge in [-0.1, -0.05) is 60.7 Å². The van der Waals surface area contributed by atoms with Gasteiger partial charge in [-0.3, -0.25) is 9.59 Å². The molecule has 0 spiro atoms. The third kappa shape index (κ3) is 7.55. The van der Waals surface area contributed by atoms with Crippen LogP contribution in [0.25, 0.3) is 16.2 Å². The van der Waals surface area contributed by atoms with Gasteiger partial charge in [0.25, 0.3) is 11.8 Å². The van der Waals surface area contributed by atoms with E-state index in [1.807, 2.05) is 30.3 Å². The number of halogens is 3. The minimum atomic E-state index is -4.55. The number of carboxylic acid groups (broad SMARTS) is 1. The van der Waals surface area contributed by atoms with Gasteiger partial charge in [0.05, 0.1) is 23.7 Å². The Hall–Kier alpha value is -4.48. The second-order valence-electron chi connectivity index (χ2n) is 8.65. The van der Waals surface area contributed by atoms with Gasteiger partial charge in [0.1, 0.15) is 5.70 Å². The van der Waals surface area contributed by atoms with Crippen molar-refractivity contribution in [2.24, 2.45) is 0 Å². The number of carbonyl (C=O) groups is 3. The average Bonchev–Trinajstić information content (AvgIpc) is 3.37. The Balaban J connectivity index is 1.55. The van der Waals surface area contributed by atoms with Crippen LogP contribution in [-0.4, -0.2) is 35.5 Å². The molecule has 0 bridgehead atoms. The molecule has 4 aromatic rings. The van der Waals surface area contributed by atoms with E-state index in [-0.39, 0.29) is 29.4 Å². The molecule has 40 heavy (non-hydrogen) atoms. The van der Waals surface area contributed by atoms with Crippen molar-refractivity contribution >= 4 is 45.3 Å². The summed E-state index contributed by atoms with van der Waals surface area (Å²) in [5.74, 6) is -2.96. The predicted octanol–water partition coefficient (Wildman–Crippen LogP) is 5.48. The smallest absolute Gasteiger partial charge is 0.416 e. The number of ether oxygens (including phenoxy) is 1. The molecule has 0 radical (unpaired) electrons. The van der Waals surface area contributed by atoms with Crippen molar-refractivity contribution in [1.82, 2.24) is 10.6 Å². The molecule has 7 nitrogen and oxygen atoms in total. The molecule has 0 aliphatic rings. The third-order valence-electron chi connectivity index (χ3n) is 5.69. The normalized spacial score (nSPS) is 12.6. The fourth-order valence-electron chi connectivity index (χ4n) is 3.65. The predicted molar refractivity (Wildman–Crippen MR) is 144 cm³/mol. The maximum Gasteiger partial charge on any atom is 0.416 e. The van der Waals surface area contributed by atoms with Crippen molar-refractivity contribution in [2.75, 3.05) is 6.61 Å². The number of hydrogen-bond donors (Lipinski definition) is 3. The second kappa shape index (κ2) is 12.6. The number of carbonyl (C=O) groups excluding carboxylic acids is 2. The molecule has 11 heteroatoms. The minimum absolute atomic E-state index is 0.109. The number of hydrogen-bond acceptors (Lipinski definition) is 5. The van der Waals surface area contributed by atoms with Crippen LogP contribution < -0.4 is 10.6 Å². The van der Waals surface area contributed by atoms with Gasteiger partial charge in [-0.15, -0.1) is 11.3 Å². The summed E-state index contributed by atoms with van der Waals surface area (Å²) in [6.07, 6.45) is -3.38. The van der Waals surface area contributed by atoms with Crippen molar-refractivity contribution < 1.29 is 37.4 Å². The molecule has 0 unspecified atom stereocenters. The maximum atomic E-state index is 13.2. The van der Waals surface area contributed by atoms with Gasteiger partial charge in [-0.05, 0) is 46.9 Å². The number of alkyl halides is 3. The first-order valence-corrected chi connectivity index (χ1v) is 12.8. The quantitative estimate of drug-likeness (QED) is 0.220. The van der Waals surface area contributed by atoms with Gasteiger partial charge in [-0.2, -0.15) is 13.2 Å². The number of benzene rings is 3. The molecule has 1 heterocycles. The first-order chi connectivity index (χ1) is 19.1. The molecule has 0 aliphatic heterocycles. The van der Waals surface area contributed by atoms with Crippen LogP contribution in [0.3, 0.4) is 0 Å². The van der Waals surface area contributed by atoms with Crippen LogP contribution in [0.1, 0.15) is 26.4 Å². The van der Waals surface area contributed by atoms with Gasteiger partial charge < -0.3 is 20.5 Å². The van der Waals surface area contributed by atoms with Crippen LogP contribution in [0, 0.1) is 0 Å². The zero-order valence-electron chi connectivity index (χ0n) is 20.8. The van der Waals surface area contributed by atoms with Gasteiger partial charge in [0, 0.05) is 4.70 Å². The summed E-state index contributed by atoms with van der Waals surface area (Å²) < 4.78 is 45.3. The summed E-state index contributed by atoms with van der Waals surface area (Å²) in [4.78, 5) is 38.3. The Morgan fingerprint density at radius 3 is 2.27 bits per heavy atom. The van der Waals surface area contributed by atoms with E-state index < -0.39 is 35.6 Å². The van der Waals surface area contributed by atoms with Crippen LogP contribution in [0.5, 0.6) is 0 Å². The van der Waals surface area contributed by atoms with E-state index in [1.165, 1.54) is 17.4 Å². The SMILES string of the molecule is O=C(N[C@H](COCc1ccccc1)C(=O)O)C(=Cc1ccc(C(F)(F)F)cc1)NC(=O)c1cc2ccccc2s1. The fraction of sp³-hybridized carbons (Fsp3) is 0.138. The Morgan fingerprint density at radius 2 is 1.62 bits per heavy atom. The molecule has 0 saturated carbocycles. The van der Waals surface area contributed by atoms with Crippen molar-refractivity contribution in [3.05, 3.63) is 112 Å². The summed E-state index contributed by atoms with van der Waals surface area (Å²) >= 11 is 1.19. The van der Waals surface area contributed by atoms with E-state index in [1.54, 1.807) is 30.3 Å². The van der Waals surface area contributed by atoms with Crippen LogP contribution >= 0.6 is 11.3 Å². The number of amides is 2. The molecule has 0 fully saturated rings. The van der Waals surface area contributed by atoms with Gasteiger partial charge in [0.15, 0.2) is 6.04 Å². The zero-order valence-corrected chi connectivity index (χ0v) is 21.6. The molecule has 206 valence electrons. The highest BCUT2D eigenvalue weighted by Gasteiger charge is 2.30. The Bertz CT molecular complexity index is 1500. The van der Waals surface area contributed by atoms with Crippen molar-refractivity contribution in [3.63, 3.8) is 0 Å². The highest BCUT2D eigenvalue weighted by atomic mass is 32.1. The van der Waals surface area contributed by atoms with Crippen LogP contribution in [0.15, 0.2) is 90.6 Å². The monoisotopic (exact) mass is 568 g/mol. The molecule has 0 aliphatic carbocycles. The van der Waals surface area contributed by atoms with E-state index in [0.29, 0.717) is 0 Å². The van der Waals surface area contributed by atoms with Crippen LogP contribution in [-0.2, 0) is 27.1 Å². The topological polar surface area (TPSA) is 105 Å². The largest absolute Gasteiger partial charge is 0.480 e. The molecule has 0 saturated heterocycles. The van der Waals surface area contributed by atoms with Crippen LogP contribution in [0.4, 0.5) is 13.2 Å². The van der Waals surface area contributed by atoms with Crippen LogP contribution in [0.2, 0.25) is 0 Å². The first kappa shape index (κ1) is 28.5. The Kier molecular flexibility index (Phi) is 8.97. The number of carboxylic acids is 1. The summed E-state index contributed by atoms with van der Waals surface area (Å²) in [5.41, 5.74) is -0.249. The van der Waals surface area contributed by atoms with Gasteiger partial charge in [-0.25, -0.2) is 4.79 Å². The molecule has 4 rings (SSSR count). The first-order valence-electron chi connectivity index (χ1n) is 11.9. The zero-order chi connectivity index (χ0) is 28.7. The third-order valence-corrected chi connectivity index (χ3v) is 6.81. The number of aliphatic carboxylic acids is 1. The highest BCUT2D eigenvalue weighted by Crippen LogP contribution is 2.29. The lowest BCUT2D eigenvalue weighted by atomic mass is 10.1. The van der Waals surface area contributed by atoms with Gasteiger partial charge >= 0.3 is 12.1 Å². The van der Waals surface area contributed by atoms with E-state index in [2.05, 4.69) is 10.6 Å². The molecule has 1 aromatic heterocycles. The molecule has 3 N–H and O–H groups in total. The van der Waals surface area contributed by atoms with Crippen molar-refractivity contribution in [1.29, 1.82) is 0 Å². The standard InChI is InChI=1S/C29H23F3N2O5S/c30-29(31,32)21-12-10-18(11-13-21)14-22(33-27(36)25-15-20-8-4-5-9-24(20)40-25)26(35)34-23(28(37)38)17-39-16-19-6-2-1-3-7-19/h1-15,23H,16-17H2,(H,33,36)(H,34,35)(H,37,38)/t23-/m1/s1. The fourth-order valence-corrected chi connectivity index (χ4v) is 4.61. The van der Waals surface area contributed by atoms with E-state index in [4.69, 9.17) is 4.74 Å². The Labute approximate surface area is 230 Å². The van der Waals surface area contributed by atoms with Gasteiger partial charge in [0.2, 0.25) is 0 Å². The molecular weight excluding hydrogens is 545 g/mol. The summed E-state index contributed by atoms with van der Waals surface area (Å²) in [6.45, 7) is -0.259. The molecule has 1 atom stereocenters. The van der Waals surface area contributed by atoms with E-state index in [9.17, 15) is 32.7 Å². The summed E-state index contributed by atoms with van der Waals surface area (Å²) in [6, 6.07) is 20.4. The molecule has 3 aromatic carbocycles. The van der Waals surface area contributed by atoms with Crippen molar-refractivity contribution in [2.45, 2.75) is 18.8 Å². The van der Waals surface area contributed by atoms with E-state index in [0.717, 1.165) is 39.9 Å². The second-order valence-corrected chi connectivity index (χ2v) is 9.73. The minimum Gasteiger partial charge on any atom is -0.480 e. The van der Waals surface area contributed by atoms with E-state index >= 15 is 0 Å². The maximum absolute atomic E-state index is 13.2.